The minimum atomic E-state index is -4.62. The first-order chi connectivity index (χ1) is 25.1. The van der Waals surface area contributed by atoms with Crippen LogP contribution < -0.4 is 30.1 Å². The average Bonchev–Trinajstić information content (AvgIpc) is 4.01. The molecule has 4 N–H and O–H groups in total. The van der Waals surface area contributed by atoms with Crippen LogP contribution in [0, 0.1) is 5.41 Å². The summed E-state index contributed by atoms with van der Waals surface area (Å²) in [7, 11) is -3.79. The van der Waals surface area contributed by atoms with Crippen LogP contribution in [-0.2, 0) is 20.4 Å². The summed E-state index contributed by atoms with van der Waals surface area (Å²) in [5.74, 6) is -0.775. The predicted octanol–water partition coefficient (Wildman–Crippen LogP) is 4.50. The number of hydrogen-bond acceptors (Lipinski definition) is 12. The van der Waals surface area contributed by atoms with E-state index < -0.39 is 52.1 Å². The molecule has 2 aromatic carbocycles. The third kappa shape index (κ3) is 10.5. The first-order valence-electron chi connectivity index (χ1n) is 17.5. The second-order valence-electron chi connectivity index (χ2n) is 14.2. The number of sulfonamides is 1. The fourth-order valence-corrected chi connectivity index (χ4v) is 6.63. The number of aromatic nitrogens is 3. The summed E-state index contributed by atoms with van der Waals surface area (Å²) in [5, 5.41) is 8.46. The lowest BCUT2D eigenvalue weighted by atomic mass is 10.1. The van der Waals surface area contributed by atoms with Crippen LogP contribution in [0.5, 0.6) is 11.8 Å². The number of likely N-dealkylation sites (tertiary alicyclic amines) is 1. The van der Waals surface area contributed by atoms with Gasteiger partial charge in [0.2, 0.25) is 21.9 Å². The third-order valence-corrected chi connectivity index (χ3v) is 11.2. The lowest BCUT2D eigenvalue weighted by Gasteiger charge is -2.23. The van der Waals surface area contributed by atoms with E-state index in [0.29, 0.717) is 36.4 Å². The van der Waals surface area contributed by atoms with E-state index in [1.54, 1.807) is 48.5 Å². The highest BCUT2D eigenvalue weighted by atomic mass is 32.2. The van der Waals surface area contributed by atoms with Crippen molar-refractivity contribution < 1.29 is 40.7 Å². The van der Waals surface area contributed by atoms with Gasteiger partial charge in [0.05, 0.1) is 10.8 Å². The Morgan fingerprint density at radius 1 is 0.906 bits per heavy atom. The van der Waals surface area contributed by atoms with Gasteiger partial charge in [-0.25, -0.2) is 13.1 Å². The zero-order valence-electron chi connectivity index (χ0n) is 29.5. The van der Waals surface area contributed by atoms with Crippen LogP contribution in [0.2, 0.25) is 0 Å². The normalized spacial score (nSPS) is 17.5. The largest absolute Gasteiger partial charge is 0.484 e. The number of rotatable bonds is 17. The lowest BCUT2D eigenvalue weighted by molar-refractivity contribution is -0.154. The summed E-state index contributed by atoms with van der Waals surface area (Å²) in [5.41, 5.74) is 1.25. The van der Waals surface area contributed by atoms with Crippen LogP contribution in [0.25, 0.3) is 0 Å². The van der Waals surface area contributed by atoms with Crippen molar-refractivity contribution in [1.82, 2.24) is 29.9 Å². The molecule has 1 saturated heterocycles. The molecule has 1 aliphatic heterocycles. The van der Waals surface area contributed by atoms with Crippen LogP contribution in [0.3, 0.4) is 0 Å². The van der Waals surface area contributed by atoms with E-state index in [-0.39, 0.29) is 23.2 Å². The number of benzene rings is 2. The van der Waals surface area contributed by atoms with Gasteiger partial charge in [0.25, 0.3) is 11.8 Å². The number of ether oxygens (including phenoxy) is 2. The quantitative estimate of drug-likeness (QED) is 0.152. The molecule has 6 rings (SSSR count). The number of amides is 2. The summed E-state index contributed by atoms with van der Waals surface area (Å²) in [6, 6.07) is 12.8. The van der Waals surface area contributed by atoms with E-state index in [4.69, 9.17) is 9.47 Å². The molecule has 0 spiro atoms. The second kappa shape index (κ2) is 15.3. The molecule has 3 aliphatic rings. The zero-order valence-corrected chi connectivity index (χ0v) is 30.3. The van der Waals surface area contributed by atoms with Crippen molar-refractivity contribution in [2.75, 3.05) is 50.0 Å². The molecule has 1 aromatic heterocycles. The summed E-state index contributed by atoms with van der Waals surface area (Å²) in [6.45, 7) is 4.64. The molecule has 0 bridgehead atoms. The van der Waals surface area contributed by atoms with E-state index in [9.17, 15) is 31.2 Å². The molecule has 14 nitrogen and oxygen atoms in total. The SMILES string of the molecule is CC(C)S(=O)(=O)NC(=O)COc1ccc(C2(Nc3nc(Nc4ccc(C(=O)NCC5(CN6CCCC6)CC5)cc4)nc(OCC(F)(F)F)n3)CC2)cc1. The standard InChI is InChI=1S/C35H43F3N8O6S/c1-23(2)53(49,50)45-28(47)19-51-27-11-7-25(8-12-27)34(15-16-34)44-31-41-30(42-32(43-31)52-22-35(36,37)38)40-26-9-5-24(6-10-26)29(48)39-20-33(13-14-33)21-46-17-3-4-18-46/h5-12,23H,3-4,13-22H2,1-2H3,(H,39,48)(H,45,47)(H2,40,41,42,43,44). The molecule has 0 atom stereocenters. The average molecular weight is 761 g/mol. The Bertz CT molecular complexity index is 1880. The van der Waals surface area contributed by atoms with Gasteiger partial charge in [-0.15, -0.1) is 0 Å². The molecule has 3 fully saturated rings. The number of halogens is 3. The van der Waals surface area contributed by atoms with Crippen molar-refractivity contribution >= 4 is 39.4 Å². The predicted molar refractivity (Wildman–Crippen MR) is 189 cm³/mol. The molecule has 18 heteroatoms. The molecule has 286 valence electrons. The topological polar surface area (TPSA) is 177 Å². The lowest BCUT2D eigenvalue weighted by Crippen LogP contribution is -2.38. The number of anilines is 3. The van der Waals surface area contributed by atoms with E-state index in [2.05, 4.69) is 35.8 Å². The van der Waals surface area contributed by atoms with E-state index in [1.165, 1.54) is 26.7 Å². The first-order valence-corrected chi connectivity index (χ1v) is 19.1. The van der Waals surface area contributed by atoms with E-state index in [1.807, 2.05) is 4.72 Å². The molecule has 0 radical (unpaired) electrons. The molecular formula is C35H43F3N8O6S. The van der Waals surface area contributed by atoms with Crippen LogP contribution >= 0.6 is 0 Å². The third-order valence-electron chi connectivity index (χ3n) is 9.48. The molecule has 2 aliphatic carbocycles. The Labute approximate surface area is 305 Å². The highest BCUT2D eigenvalue weighted by Gasteiger charge is 2.46. The number of alkyl halides is 3. The summed E-state index contributed by atoms with van der Waals surface area (Å²) in [4.78, 5) is 40.0. The van der Waals surface area contributed by atoms with Gasteiger partial charge >= 0.3 is 12.2 Å². The minimum absolute atomic E-state index is 0.0283. The monoisotopic (exact) mass is 760 g/mol. The molecule has 2 amide bonds. The number of carbonyl (C=O) groups excluding carboxylic acids is 2. The minimum Gasteiger partial charge on any atom is -0.484 e. The number of hydrogen-bond donors (Lipinski definition) is 4. The number of nitrogens with one attached hydrogen (secondary N) is 4. The summed E-state index contributed by atoms with van der Waals surface area (Å²) in [6.07, 6.45) is 1.33. The smallest absolute Gasteiger partial charge is 0.422 e. The maximum Gasteiger partial charge on any atom is 0.422 e. The fourth-order valence-electron chi connectivity index (χ4n) is 6.02. The molecule has 2 saturated carbocycles. The van der Waals surface area contributed by atoms with Crippen LogP contribution in [0.4, 0.5) is 30.8 Å². The summed E-state index contributed by atoms with van der Waals surface area (Å²) >= 11 is 0. The fraction of sp³-hybridized carbons (Fsp3) is 0.514. The molecule has 53 heavy (non-hydrogen) atoms. The Balaban J connectivity index is 1.09. The van der Waals surface area contributed by atoms with Gasteiger partial charge in [-0.3, -0.25) is 9.59 Å². The maximum atomic E-state index is 13.0. The number of nitrogens with zero attached hydrogens (tertiary/aromatic N) is 4. The van der Waals surface area contributed by atoms with Crippen molar-refractivity contribution in [3.05, 3.63) is 59.7 Å². The Kier molecular flexibility index (Phi) is 11.0. The Hall–Kier alpha value is -4.71. The first kappa shape index (κ1) is 38.0. The van der Waals surface area contributed by atoms with E-state index in [0.717, 1.165) is 38.0 Å². The second-order valence-corrected chi connectivity index (χ2v) is 16.4. The van der Waals surface area contributed by atoms with E-state index >= 15 is 0 Å². The zero-order chi connectivity index (χ0) is 37.9. The van der Waals surface area contributed by atoms with Gasteiger partial charge in [-0.1, -0.05) is 12.1 Å². The van der Waals surface area contributed by atoms with Gasteiger partial charge in [0, 0.05) is 29.8 Å². The Morgan fingerprint density at radius 2 is 1.57 bits per heavy atom. The van der Waals surface area contributed by atoms with Crippen LogP contribution in [0.15, 0.2) is 48.5 Å². The highest BCUT2D eigenvalue weighted by molar-refractivity contribution is 7.90. The molecule has 0 unspecified atom stereocenters. The van der Waals surface area contributed by atoms with Crippen molar-refractivity contribution in [3.63, 3.8) is 0 Å². The van der Waals surface area contributed by atoms with Crippen molar-refractivity contribution in [1.29, 1.82) is 0 Å². The van der Waals surface area contributed by atoms with Crippen molar-refractivity contribution in [2.24, 2.45) is 5.41 Å². The van der Waals surface area contributed by atoms with Crippen molar-refractivity contribution in [2.45, 2.75) is 69.3 Å². The summed E-state index contributed by atoms with van der Waals surface area (Å²) < 4.78 is 75.2. The van der Waals surface area contributed by atoms with Gasteiger partial charge in [-0.05, 0) is 107 Å². The van der Waals surface area contributed by atoms with Gasteiger partial charge < -0.3 is 30.3 Å². The van der Waals surface area contributed by atoms with Gasteiger partial charge in [0.15, 0.2) is 13.2 Å². The van der Waals surface area contributed by atoms with Gasteiger partial charge in [-0.2, -0.15) is 28.1 Å². The Morgan fingerprint density at radius 3 is 2.17 bits per heavy atom. The molecule has 2 heterocycles. The van der Waals surface area contributed by atoms with Crippen molar-refractivity contribution in [3.8, 4) is 11.8 Å². The highest BCUT2D eigenvalue weighted by Crippen LogP contribution is 2.48. The maximum absolute atomic E-state index is 13.0. The molecular weight excluding hydrogens is 717 g/mol. The molecule has 3 aromatic rings. The van der Waals surface area contributed by atoms with Crippen LogP contribution in [-0.4, -0.2) is 90.9 Å². The van der Waals surface area contributed by atoms with Gasteiger partial charge in [0.1, 0.15) is 5.75 Å². The van der Waals surface area contributed by atoms with Crippen LogP contribution in [0.1, 0.15) is 68.3 Å². The number of carbonyl (C=O) groups is 2.